The molecule has 0 aliphatic carbocycles. The Balaban J connectivity index is 1.95. The van der Waals surface area contributed by atoms with Crippen molar-refractivity contribution >= 4 is 0 Å². The molecular formula is C10H14N2O2. The SMILES string of the molecule is COc1ccc(OC2CCNC2)nc1. The highest BCUT2D eigenvalue weighted by atomic mass is 16.5. The molecule has 0 bridgehead atoms. The number of nitrogens with zero attached hydrogens (tertiary/aromatic N) is 1. The summed E-state index contributed by atoms with van der Waals surface area (Å²) in [6, 6.07) is 3.68. The van der Waals surface area contributed by atoms with Gasteiger partial charge in [-0.25, -0.2) is 4.98 Å². The van der Waals surface area contributed by atoms with Crippen molar-refractivity contribution in [1.29, 1.82) is 0 Å². The Morgan fingerprint density at radius 2 is 2.43 bits per heavy atom. The number of hydrogen-bond acceptors (Lipinski definition) is 4. The zero-order valence-electron chi connectivity index (χ0n) is 8.19. The van der Waals surface area contributed by atoms with Gasteiger partial charge >= 0.3 is 0 Å². The summed E-state index contributed by atoms with van der Waals surface area (Å²) in [4.78, 5) is 4.14. The summed E-state index contributed by atoms with van der Waals surface area (Å²) in [5.41, 5.74) is 0. The summed E-state index contributed by atoms with van der Waals surface area (Å²) in [6.45, 7) is 1.94. The van der Waals surface area contributed by atoms with Crippen molar-refractivity contribution in [1.82, 2.24) is 10.3 Å². The van der Waals surface area contributed by atoms with Crippen LogP contribution in [0.1, 0.15) is 6.42 Å². The number of methoxy groups -OCH3 is 1. The van der Waals surface area contributed by atoms with Gasteiger partial charge in [0.25, 0.3) is 0 Å². The Hall–Kier alpha value is -1.29. The molecule has 1 aromatic rings. The molecule has 1 N–H and O–H groups in total. The first-order valence-corrected chi connectivity index (χ1v) is 4.76. The van der Waals surface area contributed by atoms with E-state index in [9.17, 15) is 0 Å². The maximum atomic E-state index is 5.65. The van der Waals surface area contributed by atoms with Crippen molar-refractivity contribution in [3.05, 3.63) is 18.3 Å². The van der Waals surface area contributed by atoms with E-state index in [1.54, 1.807) is 13.3 Å². The molecule has 1 fully saturated rings. The Morgan fingerprint density at radius 3 is 3.00 bits per heavy atom. The molecule has 0 radical (unpaired) electrons. The second-order valence-electron chi connectivity index (χ2n) is 3.27. The maximum Gasteiger partial charge on any atom is 0.213 e. The lowest BCUT2D eigenvalue weighted by Crippen LogP contribution is -2.19. The first kappa shape index (κ1) is 9.27. The van der Waals surface area contributed by atoms with E-state index in [1.165, 1.54) is 0 Å². The number of ether oxygens (including phenoxy) is 2. The van der Waals surface area contributed by atoms with Crippen LogP contribution in [-0.4, -0.2) is 31.3 Å². The summed E-state index contributed by atoms with van der Waals surface area (Å²) < 4.78 is 10.7. The van der Waals surface area contributed by atoms with Crippen molar-refractivity contribution in [3.8, 4) is 11.6 Å². The molecule has 4 heteroatoms. The van der Waals surface area contributed by atoms with E-state index in [4.69, 9.17) is 9.47 Å². The monoisotopic (exact) mass is 194 g/mol. The highest BCUT2D eigenvalue weighted by Crippen LogP contribution is 2.15. The second-order valence-corrected chi connectivity index (χ2v) is 3.27. The van der Waals surface area contributed by atoms with Crippen LogP contribution >= 0.6 is 0 Å². The number of hydrogen-bond donors (Lipinski definition) is 1. The number of aromatic nitrogens is 1. The molecule has 0 spiro atoms. The van der Waals surface area contributed by atoms with Crippen LogP contribution in [0.25, 0.3) is 0 Å². The number of rotatable bonds is 3. The fourth-order valence-corrected chi connectivity index (χ4v) is 1.46. The van der Waals surface area contributed by atoms with Crippen molar-refractivity contribution in [3.63, 3.8) is 0 Å². The Kier molecular flexibility index (Phi) is 2.84. The molecule has 2 heterocycles. The minimum absolute atomic E-state index is 0.260. The van der Waals surface area contributed by atoms with Crippen LogP contribution in [0.3, 0.4) is 0 Å². The molecular weight excluding hydrogens is 180 g/mol. The van der Waals surface area contributed by atoms with Crippen molar-refractivity contribution in [2.24, 2.45) is 0 Å². The average molecular weight is 194 g/mol. The van der Waals surface area contributed by atoms with Crippen molar-refractivity contribution in [2.45, 2.75) is 12.5 Å². The van der Waals surface area contributed by atoms with Crippen LogP contribution in [0.5, 0.6) is 11.6 Å². The lowest BCUT2D eigenvalue weighted by Gasteiger charge is -2.11. The van der Waals surface area contributed by atoms with Gasteiger partial charge in [-0.05, 0) is 19.0 Å². The van der Waals surface area contributed by atoms with E-state index >= 15 is 0 Å². The largest absolute Gasteiger partial charge is 0.495 e. The van der Waals surface area contributed by atoms with Gasteiger partial charge in [0.15, 0.2) is 0 Å². The van der Waals surface area contributed by atoms with Crippen LogP contribution in [0.4, 0.5) is 0 Å². The van der Waals surface area contributed by atoms with Crippen LogP contribution in [0.2, 0.25) is 0 Å². The third-order valence-corrected chi connectivity index (χ3v) is 2.25. The molecule has 1 aliphatic rings. The third kappa shape index (κ3) is 2.14. The standard InChI is InChI=1S/C10H14N2O2/c1-13-8-2-3-10(12-7-8)14-9-4-5-11-6-9/h2-3,7,9,11H,4-6H2,1H3. The van der Waals surface area contributed by atoms with E-state index in [0.29, 0.717) is 5.88 Å². The molecule has 1 aromatic heterocycles. The third-order valence-electron chi connectivity index (χ3n) is 2.25. The van der Waals surface area contributed by atoms with Gasteiger partial charge in [0.1, 0.15) is 11.9 Å². The predicted molar refractivity (Wildman–Crippen MR) is 52.7 cm³/mol. The topological polar surface area (TPSA) is 43.4 Å². The van der Waals surface area contributed by atoms with Crippen LogP contribution in [0, 0.1) is 0 Å². The number of nitrogens with one attached hydrogen (secondary N) is 1. The van der Waals surface area contributed by atoms with Crippen LogP contribution in [-0.2, 0) is 0 Å². The van der Waals surface area contributed by atoms with E-state index in [0.717, 1.165) is 25.3 Å². The normalized spacial score (nSPS) is 20.8. The van der Waals surface area contributed by atoms with Gasteiger partial charge in [0.05, 0.1) is 13.3 Å². The van der Waals surface area contributed by atoms with Crippen LogP contribution in [0.15, 0.2) is 18.3 Å². The quantitative estimate of drug-likeness (QED) is 0.774. The minimum Gasteiger partial charge on any atom is -0.495 e. The number of pyridine rings is 1. The molecule has 1 saturated heterocycles. The van der Waals surface area contributed by atoms with Gasteiger partial charge in [-0.15, -0.1) is 0 Å². The zero-order valence-corrected chi connectivity index (χ0v) is 8.19. The highest BCUT2D eigenvalue weighted by Gasteiger charge is 2.16. The first-order chi connectivity index (χ1) is 6.88. The second kappa shape index (κ2) is 4.28. The Labute approximate surface area is 83.2 Å². The molecule has 1 atom stereocenters. The lowest BCUT2D eigenvalue weighted by molar-refractivity contribution is 0.213. The van der Waals surface area contributed by atoms with Crippen LogP contribution < -0.4 is 14.8 Å². The fourth-order valence-electron chi connectivity index (χ4n) is 1.46. The maximum absolute atomic E-state index is 5.65. The van der Waals surface area contributed by atoms with E-state index < -0.39 is 0 Å². The summed E-state index contributed by atoms with van der Waals surface area (Å²) >= 11 is 0. The van der Waals surface area contributed by atoms with Gasteiger partial charge in [0.2, 0.25) is 5.88 Å². The summed E-state index contributed by atoms with van der Waals surface area (Å²) in [5.74, 6) is 1.42. The molecule has 0 saturated carbocycles. The molecule has 0 aromatic carbocycles. The van der Waals surface area contributed by atoms with Gasteiger partial charge in [0, 0.05) is 12.6 Å². The predicted octanol–water partition coefficient (Wildman–Crippen LogP) is 0.831. The van der Waals surface area contributed by atoms with Gasteiger partial charge in [-0.1, -0.05) is 0 Å². The minimum atomic E-state index is 0.260. The van der Waals surface area contributed by atoms with Crippen molar-refractivity contribution in [2.75, 3.05) is 20.2 Å². The smallest absolute Gasteiger partial charge is 0.213 e. The fraction of sp³-hybridized carbons (Fsp3) is 0.500. The molecule has 14 heavy (non-hydrogen) atoms. The first-order valence-electron chi connectivity index (χ1n) is 4.76. The Bertz CT molecular complexity index is 281. The summed E-state index contributed by atoms with van der Waals surface area (Å²) in [6.07, 6.45) is 2.97. The Morgan fingerprint density at radius 1 is 1.50 bits per heavy atom. The van der Waals surface area contributed by atoms with E-state index in [-0.39, 0.29) is 6.10 Å². The molecule has 0 amide bonds. The summed E-state index contributed by atoms with van der Waals surface area (Å²) in [5, 5.41) is 3.24. The molecule has 1 aliphatic heterocycles. The molecule has 2 rings (SSSR count). The molecule has 76 valence electrons. The van der Waals surface area contributed by atoms with E-state index in [1.807, 2.05) is 12.1 Å². The highest BCUT2D eigenvalue weighted by molar-refractivity contribution is 5.22. The molecule has 1 unspecified atom stereocenters. The van der Waals surface area contributed by atoms with E-state index in [2.05, 4.69) is 10.3 Å². The lowest BCUT2D eigenvalue weighted by atomic mass is 10.3. The summed E-state index contributed by atoms with van der Waals surface area (Å²) in [7, 11) is 1.62. The van der Waals surface area contributed by atoms with Crippen molar-refractivity contribution < 1.29 is 9.47 Å². The van der Waals surface area contributed by atoms with Gasteiger partial charge < -0.3 is 14.8 Å². The average Bonchev–Trinajstić information content (AvgIpc) is 2.72. The zero-order chi connectivity index (χ0) is 9.80. The van der Waals surface area contributed by atoms with Gasteiger partial charge in [-0.3, -0.25) is 0 Å². The molecule has 4 nitrogen and oxygen atoms in total. The van der Waals surface area contributed by atoms with Gasteiger partial charge in [-0.2, -0.15) is 0 Å².